The molecule has 0 aromatic rings. The third-order valence-electron chi connectivity index (χ3n) is 0. The van der Waals surface area contributed by atoms with Crippen molar-refractivity contribution in [2.24, 2.45) is 0 Å². The van der Waals surface area contributed by atoms with Gasteiger partial charge in [0.25, 0.3) is 0 Å². The van der Waals surface area contributed by atoms with E-state index >= 15 is 0 Å². The van der Waals surface area contributed by atoms with Gasteiger partial charge < -0.3 is 0 Å². The van der Waals surface area contributed by atoms with E-state index in [-0.39, 0.29) is 216 Å². The molecule has 0 aliphatic rings. The Kier molecular flexibility index (Phi) is 187. The molecule has 0 N–H and O–H groups in total. The second kappa shape index (κ2) is 29.6. The fourth-order valence-electron chi connectivity index (χ4n) is 0. The van der Waals surface area contributed by atoms with Crippen LogP contribution in [0, 0.1) is 0 Å². The van der Waals surface area contributed by atoms with Crippen molar-refractivity contribution in [1.82, 2.24) is 0 Å². The van der Waals surface area contributed by atoms with Crippen LogP contribution in [-0.2, 0) is 0 Å². The zero-order valence-corrected chi connectivity index (χ0v) is 22.3. The van der Waals surface area contributed by atoms with Gasteiger partial charge in [0, 0.05) is 216 Å². The Bertz CT molecular complexity index is 5.51. The fraction of sp³-hybridized carbons (Fsp3) is 0. The second-order valence-corrected chi connectivity index (χ2v) is 0. The maximum atomic E-state index is 0. The van der Waals surface area contributed by atoms with Gasteiger partial charge in [0.15, 0.2) is 0 Å². The summed E-state index contributed by atoms with van der Waals surface area (Å²) in [7, 11) is 0. The average molecular weight is 367 g/mol. The van der Waals surface area contributed by atoms with Crippen molar-refractivity contribution < 1.29 is 0 Å². The van der Waals surface area contributed by atoms with Gasteiger partial charge in [-0.25, -0.2) is 0 Å². The quantitative estimate of drug-likeness (QED) is 0.424. The largest absolute Gasteiger partial charge is 0 e. The normalized spacial score (nSPS) is 0. The summed E-state index contributed by atoms with van der Waals surface area (Å²) in [6, 6.07) is 0. The van der Waals surface area contributed by atoms with E-state index < -0.39 is 0 Å². The van der Waals surface area contributed by atoms with Crippen LogP contribution in [0.15, 0.2) is 0 Å². The van der Waals surface area contributed by atoms with Gasteiger partial charge in [-0.3, -0.25) is 0 Å². The van der Waals surface area contributed by atoms with Gasteiger partial charge in [-0.15, -0.1) is 0 Å². The molecule has 0 saturated carbocycles. The first kappa shape index (κ1) is 38.0. The van der Waals surface area contributed by atoms with Crippen LogP contribution in [0.5, 0.6) is 0 Å². The molecule has 0 unspecified atom stereocenters. The molecule has 0 atom stereocenters. The predicted octanol–water partition coefficient (Wildman–Crippen LogP) is -2.28. The van der Waals surface area contributed by atoms with E-state index in [2.05, 4.69) is 0 Å². The van der Waals surface area contributed by atoms with E-state index in [1.54, 1.807) is 0 Å². The van der Waals surface area contributed by atoms with Crippen molar-refractivity contribution in [3.63, 3.8) is 0 Å². The monoisotopic (exact) mass is 368 g/mol. The topological polar surface area (TPSA) is 0 Å². The molecule has 0 aliphatic carbocycles. The number of hydrogen-bond acceptors (Lipinski definition) is 0. The Hall–Kier alpha value is 7.14. The fourth-order valence-corrected chi connectivity index (χ4v) is 0. The molecule has 0 rings (SSSR count). The van der Waals surface area contributed by atoms with Crippen LogP contribution in [0.25, 0.3) is 0 Å². The Morgan fingerprint density at radius 3 is 0.333 bits per heavy atom. The Labute approximate surface area is 208 Å². The third kappa shape index (κ3) is 22.5. The summed E-state index contributed by atoms with van der Waals surface area (Å²) < 4.78 is 0. The smallest absolute Gasteiger partial charge is 0 e. The van der Waals surface area contributed by atoms with Crippen molar-refractivity contribution >= 4 is 216 Å². The summed E-state index contributed by atoms with van der Waals surface area (Å²) in [4.78, 5) is 0. The van der Waals surface area contributed by atoms with Crippen LogP contribution in [0.3, 0.4) is 0 Å². The van der Waals surface area contributed by atoms with Crippen molar-refractivity contribution in [3.05, 3.63) is 0 Å². The van der Waals surface area contributed by atoms with Crippen LogP contribution in [0.1, 0.15) is 0 Å². The molecule has 0 nitrogen and oxygen atoms in total. The molecule has 0 spiro atoms. The second-order valence-electron chi connectivity index (χ2n) is 0. The van der Waals surface area contributed by atoms with E-state index in [1.165, 1.54) is 0 Å². The number of hydrogen-bond donors (Lipinski definition) is 0. The van der Waals surface area contributed by atoms with Gasteiger partial charge in [0.05, 0.1) is 0 Å². The van der Waals surface area contributed by atoms with Crippen molar-refractivity contribution in [2.75, 3.05) is 0 Å². The van der Waals surface area contributed by atoms with Gasteiger partial charge >= 0.3 is 0 Å². The minimum Gasteiger partial charge on any atom is 0 e. The molecule has 6 heavy (non-hydrogen) atoms. The molecule has 0 fully saturated rings. The zero-order valence-electron chi connectivity index (χ0n) is 5.41. The van der Waals surface area contributed by atoms with E-state index in [9.17, 15) is 0 Å². The molecule has 8 valence electrons. The molecule has 6 heteroatoms. The molecule has 0 aromatic heterocycles. The maximum Gasteiger partial charge on any atom is 0 e. The first-order chi connectivity index (χ1) is 0. The molecule has 0 heterocycles. The van der Waals surface area contributed by atoms with Crippen LogP contribution >= 0.6 is 0 Å². The standard InChI is InChI=1S/2Ba.4Na. The molecular formula is Ba2Na4. The predicted molar refractivity (Wildman–Crippen MR) is 34.5 cm³/mol. The van der Waals surface area contributed by atoms with Crippen molar-refractivity contribution in [2.45, 2.75) is 0 Å². The summed E-state index contributed by atoms with van der Waals surface area (Å²) in [6.07, 6.45) is 0. The Morgan fingerprint density at radius 1 is 0.333 bits per heavy atom. The maximum absolute atomic E-state index is 0. The van der Waals surface area contributed by atoms with Crippen LogP contribution < -0.4 is 0 Å². The zero-order chi connectivity index (χ0) is 0. The molecule has 0 aromatic carbocycles. The SMILES string of the molecule is [Ba].[Ba].[Na].[Na].[Na].[Na]. The van der Waals surface area contributed by atoms with Crippen LogP contribution in [0.4, 0.5) is 0 Å². The Morgan fingerprint density at radius 2 is 0.333 bits per heavy atom. The molecular weight excluding hydrogens is 367 g/mol. The summed E-state index contributed by atoms with van der Waals surface area (Å²) in [5, 5.41) is 0. The first-order valence-corrected chi connectivity index (χ1v) is 0. The molecule has 0 saturated heterocycles. The van der Waals surface area contributed by atoms with Gasteiger partial charge in [-0.1, -0.05) is 0 Å². The summed E-state index contributed by atoms with van der Waals surface area (Å²) in [5.41, 5.74) is 0. The van der Waals surface area contributed by atoms with E-state index in [0.29, 0.717) is 0 Å². The summed E-state index contributed by atoms with van der Waals surface area (Å²) in [6.45, 7) is 0. The molecule has 0 bridgehead atoms. The van der Waals surface area contributed by atoms with E-state index in [0.717, 1.165) is 0 Å². The van der Waals surface area contributed by atoms with Crippen LogP contribution in [-0.4, -0.2) is 216 Å². The van der Waals surface area contributed by atoms with Gasteiger partial charge in [-0.05, 0) is 0 Å². The van der Waals surface area contributed by atoms with Crippen LogP contribution in [0.2, 0.25) is 0 Å². The van der Waals surface area contributed by atoms with E-state index in [4.69, 9.17) is 0 Å². The van der Waals surface area contributed by atoms with E-state index in [1.807, 2.05) is 0 Å². The van der Waals surface area contributed by atoms with Gasteiger partial charge in [-0.2, -0.15) is 0 Å². The van der Waals surface area contributed by atoms with Crippen molar-refractivity contribution in [1.29, 1.82) is 0 Å². The third-order valence-corrected chi connectivity index (χ3v) is 0. The Balaban J connectivity index is 0. The van der Waals surface area contributed by atoms with Gasteiger partial charge in [0.2, 0.25) is 0 Å². The summed E-state index contributed by atoms with van der Waals surface area (Å²) >= 11 is 0. The minimum atomic E-state index is 0. The average Bonchev–Trinajstić information content (AvgIpc) is 0. The summed E-state index contributed by atoms with van der Waals surface area (Å²) in [5.74, 6) is 0. The number of rotatable bonds is 0. The molecule has 8 radical (unpaired) electrons. The molecule has 0 aliphatic heterocycles. The van der Waals surface area contributed by atoms with Gasteiger partial charge in [0.1, 0.15) is 0 Å². The minimum absolute atomic E-state index is 0. The molecule has 0 amide bonds. The first-order valence-electron chi connectivity index (χ1n) is 0. The van der Waals surface area contributed by atoms with Crippen molar-refractivity contribution in [3.8, 4) is 0 Å².